The van der Waals surface area contributed by atoms with Crippen LogP contribution in [-0.4, -0.2) is 18.9 Å². The van der Waals surface area contributed by atoms with E-state index in [0.29, 0.717) is 28.7 Å². The zero-order valence-electron chi connectivity index (χ0n) is 15.8. The zero-order chi connectivity index (χ0) is 21.6. The Balaban J connectivity index is 2.10. The minimum Gasteiger partial charge on any atom is -0.451 e. The maximum atomic E-state index is 14.0. The summed E-state index contributed by atoms with van der Waals surface area (Å²) < 4.78 is 56.6. The first-order valence-electron chi connectivity index (χ1n) is 8.26. The number of nitrogens with zero attached hydrogens (tertiary/aromatic N) is 1. The summed E-state index contributed by atoms with van der Waals surface area (Å²) in [7, 11) is 1.18. The number of halogens is 4. The standard InChI is InChI=1S/C19H18F4N2O4/c1-11-7-8-13(9-16(11)29-25-18(26)27-3)12(2)24-28-10-14-5-4-6-15(17(14)20)19(21,22)23/h4-9H,10H2,1-3H3,(H,25,26)/b24-12+. The highest BCUT2D eigenvalue weighted by atomic mass is 19.4. The van der Waals surface area contributed by atoms with Crippen molar-refractivity contribution in [1.29, 1.82) is 0 Å². The van der Waals surface area contributed by atoms with Gasteiger partial charge in [-0.15, -0.1) is 0 Å². The summed E-state index contributed by atoms with van der Waals surface area (Å²) >= 11 is 0. The van der Waals surface area contributed by atoms with E-state index in [1.807, 2.05) is 0 Å². The van der Waals surface area contributed by atoms with Crippen LogP contribution in [0.15, 0.2) is 41.6 Å². The molecule has 0 spiro atoms. The molecule has 0 heterocycles. The van der Waals surface area contributed by atoms with Gasteiger partial charge in [-0.3, -0.25) is 0 Å². The molecule has 1 N–H and O–H groups in total. The smallest absolute Gasteiger partial charge is 0.440 e. The molecule has 0 unspecified atom stereocenters. The van der Waals surface area contributed by atoms with Crippen LogP contribution in [0.1, 0.15) is 29.2 Å². The Labute approximate surface area is 164 Å². The van der Waals surface area contributed by atoms with Crippen molar-refractivity contribution in [3.8, 4) is 5.75 Å². The topological polar surface area (TPSA) is 69.2 Å². The molecule has 0 saturated carbocycles. The summed E-state index contributed by atoms with van der Waals surface area (Å²) in [4.78, 5) is 21.3. The molecular weight excluding hydrogens is 396 g/mol. The molecule has 2 rings (SSSR count). The van der Waals surface area contributed by atoms with Crippen LogP contribution >= 0.6 is 0 Å². The average Bonchev–Trinajstić information content (AvgIpc) is 2.67. The third-order valence-electron chi connectivity index (χ3n) is 3.84. The first kappa shape index (κ1) is 22.0. The molecule has 2 aromatic rings. The van der Waals surface area contributed by atoms with E-state index in [1.54, 1.807) is 32.0 Å². The maximum absolute atomic E-state index is 14.0. The molecule has 1 amide bonds. The molecule has 0 saturated heterocycles. The van der Waals surface area contributed by atoms with Gasteiger partial charge < -0.3 is 14.4 Å². The molecule has 0 aliphatic rings. The summed E-state index contributed by atoms with van der Waals surface area (Å²) in [5.74, 6) is -1.07. The van der Waals surface area contributed by atoms with Gasteiger partial charge in [0, 0.05) is 11.1 Å². The van der Waals surface area contributed by atoms with Gasteiger partial charge in [0.15, 0.2) is 5.75 Å². The molecular formula is C19H18F4N2O4. The third-order valence-corrected chi connectivity index (χ3v) is 3.84. The Hall–Kier alpha value is -3.30. The second-order valence-corrected chi connectivity index (χ2v) is 5.90. The predicted octanol–water partition coefficient (Wildman–Crippen LogP) is 4.74. The van der Waals surface area contributed by atoms with Gasteiger partial charge in [0.2, 0.25) is 0 Å². The van der Waals surface area contributed by atoms with E-state index in [4.69, 9.17) is 9.68 Å². The molecule has 0 aliphatic heterocycles. The Bertz CT molecular complexity index is 914. The number of hydroxylamine groups is 1. The number of alkyl halides is 3. The van der Waals surface area contributed by atoms with Gasteiger partial charge in [-0.05, 0) is 31.5 Å². The molecule has 10 heteroatoms. The molecule has 2 aromatic carbocycles. The van der Waals surface area contributed by atoms with Gasteiger partial charge in [0.25, 0.3) is 0 Å². The minimum absolute atomic E-state index is 0.272. The molecule has 6 nitrogen and oxygen atoms in total. The van der Waals surface area contributed by atoms with E-state index < -0.39 is 30.3 Å². The quantitative estimate of drug-likeness (QED) is 0.421. The highest BCUT2D eigenvalue weighted by Crippen LogP contribution is 2.32. The lowest BCUT2D eigenvalue weighted by Crippen LogP contribution is -2.27. The summed E-state index contributed by atoms with van der Waals surface area (Å²) in [5, 5.41) is 3.81. The van der Waals surface area contributed by atoms with Crippen molar-refractivity contribution >= 4 is 11.8 Å². The fourth-order valence-corrected chi connectivity index (χ4v) is 2.23. The van der Waals surface area contributed by atoms with Crippen LogP contribution in [0.25, 0.3) is 0 Å². The van der Waals surface area contributed by atoms with Crippen LogP contribution in [0.3, 0.4) is 0 Å². The van der Waals surface area contributed by atoms with Gasteiger partial charge >= 0.3 is 12.3 Å². The number of carbonyl (C=O) groups is 1. The number of nitrogens with one attached hydrogen (secondary N) is 1. The number of aryl methyl sites for hydroxylation is 1. The van der Waals surface area contributed by atoms with Crippen LogP contribution in [0.2, 0.25) is 0 Å². The van der Waals surface area contributed by atoms with E-state index in [2.05, 4.69) is 15.4 Å². The molecule has 0 radical (unpaired) electrons. The lowest BCUT2D eigenvalue weighted by Gasteiger charge is -2.11. The Kier molecular flexibility index (Phi) is 7.03. The van der Waals surface area contributed by atoms with E-state index >= 15 is 0 Å². The van der Waals surface area contributed by atoms with E-state index in [-0.39, 0.29) is 5.56 Å². The monoisotopic (exact) mass is 414 g/mol. The van der Waals surface area contributed by atoms with Crippen molar-refractivity contribution < 1.29 is 36.8 Å². The number of benzene rings is 2. The number of hydrogen-bond acceptors (Lipinski definition) is 5. The number of rotatable bonds is 6. The second-order valence-electron chi connectivity index (χ2n) is 5.90. The van der Waals surface area contributed by atoms with E-state index in [1.165, 1.54) is 13.2 Å². The van der Waals surface area contributed by atoms with Crippen molar-refractivity contribution in [3.05, 3.63) is 64.5 Å². The van der Waals surface area contributed by atoms with Gasteiger partial charge in [0.1, 0.15) is 12.4 Å². The highest BCUT2D eigenvalue weighted by Gasteiger charge is 2.34. The van der Waals surface area contributed by atoms with Crippen molar-refractivity contribution in [2.45, 2.75) is 26.6 Å². The lowest BCUT2D eigenvalue weighted by atomic mass is 10.1. The fourth-order valence-electron chi connectivity index (χ4n) is 2.23. The van der Waals surface area contributed by atoms with Crippen LogP contribution < -0.4 is 10.3 Å². The molecule has 156 valence electrons. The van der Waals surface area contributed by atoms with Crippen molar-refractivity contribution in [1.82, 2.24) is 5.48 Å². The summed E-state index contributed by atoms with van der Waals surface area (Å²) in [5.41, 5.74) is 2.07. The highest BCUT2D eigenvalue weighted by molar-refractivity contribution is 5.98. The summed E-state index contributed by atoms with van der Waals surface area (Å²) in [6.45, 7) is 2.86. The molecule has 0 aliphatic carbocycles. The van der Waals surface area contributed by atoms with Gasteiger partial charge in [-0.2, -0.15) is 18.7 Å². The van der Waals surface area contributed by atoms with Gasteiger partial charge in [-0.25, -0.2) is 9.18 Å². The Morgan fingerprint density at radius 2 is 1.93 bits per heavy atom. The lowest BCUT2D eigenvalue weighted by molar-refractivity contribution is -0.140. The Morgan fingerprint density at radius 3 is 2.59 bits per heavy atom. The number of hydrogen-bond donors (Lipinski definition) is 1. The van der Waals surface area contributed by atoms with Crippen molar-refractivity contribution in [2.75, 3.05) is 7.11 Å². The van der Waals surface area contributed by atoms with Gasteiger partial charge in [0.05, 0.1) is 18.4 Å². The Morgan fingerprint density at radius 1 is 1.21 bits per heavy atom. The van der Waals surface area contributed by atoms with Crippen molar-refractivity contribution in [3.63, 3.8) is 0 Å². The number of methoxy groups -OCH3 is 1. The first-order chi connectivity index (χ1) is 13.6. The molecule has 0 aromatic heterocycles. The number of ether oxygens (including phenoxy) is 1. The first-order valence-corrected chi connectivity index (χ1v) is 8.26. The van der Waals surface area contributed by atoms with E-state index in [9.17, 15) is 22.4 Å². The minimum atomic E-state index is -4.80. The zero-order valence-corrected chi connectivity index (χ0v) is 15.8. The number of amides is 1. The normalized spacial score (nSPS) is 11.8. The largest absolute Gasteiger partial charge is 0.451 e. The molecule has 0 fully saturated rings. The third kappa shape index (κ3) is 5.84. The van der Waals surface area contributed by atoms with Crippen LogP contribution in [0.4, 0.5) is 22.4 Å². The maximum Gasteiger partial charge on any atom is 0.440 e. The van der Waals surface area contributed by atoms with E-state index in [0.717, 1.165) is 6.07 Å². The van der Waals surface area contributed by atoms with Gasteiger partial charge in [-0.1, -0.05) is 29.4 Å². The molecule has 0 bridgehead atoms. The summed E-state index contributed by atoms with van der Waals surface area (Å²) in [6.07, 6.45) is -5.58. The average molecular weight is 414 g/mol. The molecule has 29 heavy (non-hydrogen) atoms. The SMILES string of the molecule is COC(=O)NOc1cc(/C(C)=N/OCc2cccc(C(F)(F)F)c2F)ccc1C. The van der Waals surface area contributed by atoms with Crippen LogP contribution in [0.5, 0.6) is 5.75 Å². The fraction of sp³-hybridized carbons (Fsp3) is 0.263. The second kappa shape index (κ2) is 9.26. The summed E-state index contributed by atoms with van der Waals surface area (Å²) in [6, 6.07) is 7.91. The van der Waals surface area contributed by atoms with Crippen LogP contribution in [-0.2, 0) is 22.4 Å². The van der Waals surface area contributed by atoms with Crippen molar-refractivity contribution in [2.24, 2.45) is 5.16 Å². The predicted molar refractivity (Wildman–Crippen MR) is 95.7 cm³/mol. The van der Waals surface area contributed by atoms with Crippen LogP contribution in [0, 0.1) is 12.7 Å². The molecule has 0 atom stereocenters. The number of carbonyl (C=O) groups excluding carboxylic acids is 1. The number of oxime groups is 1.